The normalized spacial score (nSPS) is 11.0. The van der Waals surface area contributed by atoms with Gasteiger partial charge in [0.05, 0.1) is 0 Å². The Bertz CT molecular complexity index is 832. The molecule has 0 N–H and O–H groups in total. The number of carbonyl (C=O) groups excluding carboxylic acids is 1. The van der Waals surface area contributed by atoms with Crippen LogP contribution in [0.3, 0.4) is 0 Å². The van der Waals surface area contributed by atoms with Crippen LogP contribution in [0.2, 0.25) is 5.02 Å². The van der Waals surface area contributed by atoms with Gasteiger partial charge in [-0.2, -0.15) is 0 Å². The largest absolute Gasteiger partial charge is 0.350 e. The van der Waals surface area contributed by atoms with Gasteiger partial charge in [0.2, 0.25) is 0 Å². The maximum absolute atomic E-state index is 12.6. The summed E-state index contributed by atoms with van der Waals surface area (Å²) in [6.07, 6.45) is 2.23. The van der Waals surface area contributed by atoms with Gasteiger partial charge in [0.15, 0.2) is 5.78 Å². The molecule has 0 aliphatic carbocycles. The molecule has 0 amide bonds. The Balaban J connectivity index is 2.01. The maximum Gasteiger partial charge on any atom is 0.169 e. The van der Waals surface area contributed by atoms with E-state index in [0.717, 1.165) is 22.0 Å². The van der Waals surface area contributed by atoms with Crippen LogP contribution in [0.5, 0.6) is 0 Å². The summed E-state index contributed by atoms with van der Waals surface area (Å²) >= 11 is 6.14. The van der Waals surface area contributed by atoms with Gasteiger partial charge >= 0.3 is 0 Å². The van der Waals surface area contributed by atoms with Gasteiger partial charge in [-0.25, -0.2) is 0 Å². The van der Waals surface area contributed by atoms with Crippen molar-refractivity contribution in [3.05, 3.63) is 70.4 Å². The van der Waals surface area contributed by atoms with Crippen LogP contribution >= 0.6 is 11.6 Å². The Hall–Kier alpha value is -2.06. The van der Waals surface area contributed by atoms with E-state index in [-0.39, 0.29) is 5.78 Å². The smallest absolute Gasteiger partial charge is 0.169 e. The minimum absolute atomic E-state index is 0.0950. The molecule has 0 radical (unpaired) electrons. The number of aryl methyl sites for hydroxylation is 2. The number of aromatic nitrogens is 1. The standard InChI is InChI=1S/C18H16ClNO/c1-12-7-8-14-15(11-20(2)17(14)9-12)18(21)10-13-5-3-4-6-16(13)19/h3-9,11H,10H2,1-2H3. The first-order chi connectivity index (χ1) is 10.1. The molecule has 106 valence electrons. The van der Waals surface area contributed by atoms with E-state index < -0.39 is 0 Å². The Morgan fingerprint density at radius 3 is 2.71 bits per heavy atom. The Morgan fingerprint density at radius 1 is 1.19 bits per heavy atom. The van der Waals surface area contributed by atoms with E-state index >= 15 is 0 Å². The number of fused-ring (bicyclic) bond motifs is 1. The van der Waals surface area contributed by atoms with E-state index in [0.29, 0.717) is 11.4 Å². The van der Waals surface area contributed by atoms with Crippen LogP contribution in [0, 0.1) is 6.92 Å². The van der Waals surface area contributed by atoms with Crippen LogP contribution in [0.1, 0.15) is 21.5 Å². The second-order valence-corrected chi connectivity index (χ2v) is 5.77. The molecule has 0 unspecified atom stereocenters. The molecule has 21 heavy (non-hydrogen) atoms. The molecule has 3 heteroatoms. The predicted octanol–water partition coefficient (Wildman–Crippen LogP) is 4.57. The van der Waals surface area contributed by atoms with Crippen LogP contribution in [0.25, 0.3) is 10.9 Å². The van der Waals surface area contributed by atoms with Gasteiger partial charge in [-0.3, -0.25) is 4.79 Å². The monoisotopic (exact) mass is 297 g/mol. The summed E-state index contributed by atoms with van der Waals surface area (Å²) in [7, 11) is 1.97. The first-order valence-electron chi connectivity index (χ1n) is 6.88. The van der Waals surface area contributed by atoms with Gasteiger partial charge in [-0.05, 0) is 30.2 Å². The lowest BCUT2D eigenvalue weighted by Gasteiger charge is -2.03. The molecule has 1 heterocycles. The van der Waals surface area contributed by atoms with Gasteiger partial charge in [0, 0.05) is 41.2 Å². The molecule has 1 aromatic heterocycles. The molecule has 0 aliphatic rings. The Morgan fingerprint density at radius 2 is 1.95 bits per heavy atom. The summed E-state index contributed by atoms with van der Waals surface area (Å²) < 4.78 is 2.00. The number of carbonyl (C=O) groups is 1. The summed E-state index contributed by atoms with van der Waals surface area (Å²) in [5.74, 6) is 0.0950. The minimum atomic E-state index is 0.0950. The third kappa shape index (κ3) is 2.59. The molecular formula is C18H16ClNO. The van der Waals surface area contributed by atoms with Crippen LogP contribution in [-0.2, 0) is 13.5 Å². The van der Waals surface area contributed by atoms with Gasteiger partial charge in [0.25, 0.3) is 0 Å². The lowest BCUT2D eigenvalue weighted by atomic mass is 10.0. The van der Waals surface area contributed by atoms with E-state index in [2.05, 4.69) is 13.0 Å². The second-order valence-electron chi connectivity index (χ2n) is 5.37. The van der Waals surface area contributed by atoms with E-state index in [1.165, 1.54) is 5.56 Å². The first kappa shape index (κ1) is 13.9. The van der Waals surface area contributed by atoms with Gasteiger partial charge in [0.1, 0.15) is 0 Å². The number of benzene rings is 2. The van der Waals surface area contributed by atoms with Crippen molar-refractivity contribution < 1.29 is 4.79 Å². The zero-order valence-electron chi connectivity index (χ0n) is 12.1. The van der Waals surface area contributed by atoms with Crippen molar-refractivity contribution in [3.63, 3.8) is 0 Å². The highest BCUT2D eigenvalue weighted by molar-refractivity contribution is 6.31. The van der Waals surface area contributed by atoms with Crippen molar-refractivity contribution in [2.24, 2.45) is 7.05 Å². The molecule has 0 bridgehead atoms. The highest BCUT2D eigenvalue weighted by Gasteiger charge is 2.15. The van der Waals surface area contributed by atoms with E-state index in [9.17, 15) is 4.79 Å². The van der Waals surface area contributed by atoms with Crippen molar-refractivity contribution >= 4 is 28.3 Å². The highest BCUT2D eigenvalue weighted by atomic mass is 35.5. The fourth-order valence-electron chi connectivity index (χ4n) is 2.63. The average Bonchev–Trinajstić information content (AvgIpc) is 2.78. The van der Waals surface area contributed by atoms with Crippen LogP contribution in [-0.4, -0.2) is 10.4 Å². The molecule has 2 nitrogen and oxygen atoms in total. The highest BCUT2D eigenvalue weighted by Crippen LogP contribution is 2.24. The fourth-order valence-corrected chi connectivity index (χ4v) is 2.83. The zero-order chi connectivity index (χ0) is 15.0. The van der Waals surface area contributed by atoms with E-state index in [1.807, 2.05) is 54.2 Å². The van der Waals surface area contributed by atoms with E-state index in [4.69, 9.17) is 11.6 Å². The van der Waals surface area contributed by atoms with Crippen LogP contribution in [0.15, 0.2) is 48.7 Å². The molecule has 0 spiro atoms. The van der Waals surface area contributed by atoms with Gasteiger partial charge in [-0.15, -0.1) is 0 Å². The lowest BCUT2D eigenvalue weighted by Crippen LogP contribution is -2.03. The number of Topliss-reactive ketones (excluding diaryl/α,β-unsaturated/α-hetero) is 1. The molecule has 0 saturated carbocycles. The summed E-state index contributed by atoms with van der Waals surface area (Å²) in [5, 5.41) is 1.64. The first-order valence-corrected chi connectivity index (χ1v) is 7.26. The summed E-state index contributed by atoms with van der Waals surface area (Å²) in [4.78, 5) is 12.6. The van der Waals surface area contributed by atoms with Gasteiger partial charge < -0.3 is 4.57 Å². The molecule has 0 aliphatic heterocycles. The number of halogens is 1. The molecule has 2 aromatic carbocycles. The second kappa shape index (κ2) is 5.38. The summed E-state index contributed by atoms with van der Waals surface area (Å²) in [6, 6.07) is 13.6. The third-order valence-corrected chi connectivity index (χ3v) is 4.12. The number of hydrogen-bond donors (Lipinski definition) is 0. The number of hydrogen-bond acceptors (Lipinski definition) is 1. The number of rotatable bonds is 3. The lowest BCUT2D eigenvalue weighted by molar-refractivity contribution is 0.0994. The van der Waals surface area contributed by atoms with Gasteiger partial charge in [-0.1, -0.05) is 41.9 Å². The number of ketones is 1. The maximum atomic E-state index is 12.6. The van der Waals surface area contributed by atoms with Crippen molar-refractivity contribution in [3.8, 4) is 0 Å². The topological polar surface area (TPSA) is 22.0 Å². The van der Waals surface area contributed by atoms with Crippen LogP contribution in [0.4, 0.5) is 0 Å². The molecular weight excluding hydrogens is 282 g/mol. The predicted molar refractivity (Wildman–Crippen MR) is 87.1 cm³/mol. The summed E-state index contributed by atoms with van der Waals surface area (Å²) in [6.45, 7) is 2.05. The van der Waals surface area contributed by atoms with Crippen molar-refractivity contribution in [1.29, 1.82) is 0 Å². The molecule has 0 atom stereocenters. The quantitative estimate of drug-likeness (QED) is 0.649. The Kier molecular flexibility index (Phi) is 3.56. The molecule has 3 aromatic rings. The Labute approximate surface area is 129 Å². The van der Waals surface area contributed by atoms with Crippen LogP contribution < -0.4 is 0 Å². The third-order valence-electron chi connectivity index (χ3n) is 3.76. The summed E-state index contributed by atoms with van der Waals surface area (Å²) in [5.41, 5.74) is 3.90. The van der Waals surface area contributed by atoms with Crippen molar-refractivity contribution in [2.45, 2.75) is 13.3 Å². The van der Waals surface area contributed by atoms with E-state index in [1.54, 1.807) is 0 Å². The SMILES string of the molecule is Cc1ccc2c(C(=O)Cc3ccccc3Cl)cn(C)c2c1. The molecule has 0 saturated heterocycles. The zero-order valence-corrected chi connectivity index (χ0v) is 12.8. The van der Waals surface area contributed by atoms with Crippen molar-refractivity contribution in [1.82, 2.24) is 4.57 Å². The minimum Gasteiger partial charge on any atom is -0.350 e. The number of nitrogens with zero attached hydrogens (tertiary/aromatic N) is 1. The van der Waals surface area contributed by atoms with Crippen molar-refractivity contribution in [2.75, 3.05) is 0 Å². The average molecular weight is 298 g/mol. The molecule has 3 rings (SSSR count). The fraction of sp³-hybridized carbons (Fsp3) is 0.167. The molecule has 0 fully saturated rings.